The number of rotatable bonds is 1. The van der Waals surface area contributed by atoms with E-state index in [2.05, 4.69) is 4.98 Å². The number of amides is 3. The minimum absolute atomic E-state index is 0.0743. The van der Waals surface area contributed by atoms with Gasteiger partial charge >= 0.3 is 12.1 Å². The van der Waals surface area contributed by atoms with Gasteiger partial charge < -0.3 is 14.5 Å². The second kappa shape index (κ2) is 5.96. The molecule has 7 nitrogen and oxygen atoms in total. The van der Waals surface area contributed by atoms with Gasteiger partial charge in [-0.3, -0.25) is 4.90 Å². The number of fused-ring (bicyclic) bond motifs is 1. The van der Waals surface area contributed by atoms with E-state index in [4.69, 9.17) is 4.74 Å². The third kappa shape index (κ3) is 3.02. The van der Waals surface area contributed by atoms with Gasteiger partial charge in [0, 0.05) is 26.3 Å². The molecule has 130 valence electrons. The molecule has 0 aliphatic carbocycles. The number of likely N-dealkylation sites (N-methyl/N-ethyl adjacent to an activating group) is 1. The zero-order valence-electron chi connectivity index (χ0n) is 14.6. The Morgan fingerprint density at radius 3 is 2.67 bits per heavy atom. The van der Waals surface area contributed by atoms with E-state index in [9.17, 15) is 9.59 Å². The molecule has 3 heterocycles. The molecule has 0 bridgehead atoms. The Hall–Kier alpha value is -2.31. The topological polar surface area (TPSA) is 66.0 Å². The van der Waals surface area contributed by atoms with Crippen LogP contribution in [0.25, 0.3) is 0 Å². The number of hydrogen-bond acceptors (Lipinski definition) is 4. The SMILES string of the molecule is CN1C(=O)N(c2ccccn2)C2CN(C(=O)OC(C)(C)C)CCC21. The number of carbonyl (C=O) groups is 2. The van der Waals surface area contributed by atoms with Gasteiger partial charge in [0.25, 0.3) is 0 Å². The summed E-state index contributed by atoms with van der Waals surface area (Å²) >= 11 is 0. The van der Waals surface area contributed by atoms with Crippen LogP contribution in [0.15, 0.2) is 24.4 Å². The summed E-state index contributed by atoms with van der Waals surface area (Å²) in [4.78, 5) is 34.5. The molecule has 3 amide bonds. The highest BCUT2D eigenvalue weighted by molar-refractivity contribution is 5.94. The van der Waals surface area contributed by atoms with E-state index in [0.29, 0.717) is 18.9 Å². The maximum atomic E-state index is 12.7. The van der Waals surface area contributed by atoms with Crippen LogP contribution in [0.5, 0.6) is 0 Å². The Morgan fingerprint density at radius 2 is 2.04 bits per heavy atom. The van der Waals surface area contributed by atoms with Crippen LogP contribution in [-0.4, -0.2) is 64.7 Å². The van der Waals surface area contributed by atoms with Crippen molar-refractivity contribution < 1.29 is 14.3 Å². The summed E-state index contributed by atoms with van der Waals surface area (Å²) in [6.07, 6.45) is 2.07. The maximum Gasteiger partial charge on any atom is 0.410 e. The van der Waals surface area contributed by atoms with Crippen LogP contribution < -0.4 is 4.90 Å². The van der Waals surface area contributed by atoms with Gasteiger partial charge in [0.15, 0.2) is 0 Å². The fourth-order valence-corrected chi connectivity index (χ4v) is 3.33. The number of hydrogen-bond donors (Lipinski definition) is 0. The van der Waals surface area contributed by atoms with Crippen LogP contribution in [0.3, 0.4) is 0 Å². The van der Waals surface area contributed by atoms with Gasteiger partial charge in [0.2, 0.25) is 0 Å². The molecule has 0 saturated carbocycles. The maximum absolute atomic E-state index is 12.7. The number of aromatic nitrogens is 1. The quantitative estimate of drug-likeness (QED) is 0.792. The first kappa shape index (κ1) is 16.5. The lowest BCUT2D eigenvalue weighted by Gasteiger charge is -2.38. The third-order valence-electron chi connectivity index (χ3n) is 4.43. The average molecular weight is 332 g/mol. The first-order valence-corrected chi connectivity index (χ1v) is 8.23. The summed E-state index contributed by atoms with van der Waals surface area (Å²) in [5.41, 5.74) is -0.531. The number of likely N-dealkylation sites (tertiary alicyclic amines) is 1. The van der Waals surface area contributed by atoms with E-state index in [1.807, 2.05) is 46.0 Å². The first-order chi connectivity index (χ1) is 11.3. The summed E-state index contributed by atoms with van der Waals surface area (Å²) in [5.74, 6) is 0.618. The van der Waals surface area contributed by atoms with Gasteiger partial charge in [0.1, 0.15) is 11.4 Å². The van der Waals surface area contributed by atoms with Crippen LogP contribution in [0, 0.1) is 0 Å². The van der Waals surface area contributed by atoms with Crippen molar-refractivity contribution in [2.75, 3.05) is 25.0 Å². The molecule has 2 saturated heterocycles. The first-order valence-electron chi connectivity index (χ1n) is 8.23. The number of nitrogens with zero attached hydrogens (tertiary/aromatic N) is 4. The second-order valence-electron chi connectivity index (χ2n) is 7.30. The Kier molecular flexibility index (Phi) is 4.11. The van der Waals surface area contributed by atoms with Crippen molar-refractivity contribution in [3.05, 3.63) is 24.4 Å². The summed E-state index contributed by atoms with van der Waals surface area (Å²) in [6, 6.07) is 5.39. The van der Waals surface area contributed by atoms with Crippen molar-refractivity contribution in [2.24, 2.45) is 0 Å². The van der Waals surface area contributed by atoms with Crippen molar-refractivity contribution in [3.63, 3.8) is 0 Å². The van der Waals surface area contributed by atoms with E-state index in [-0.39, 0.29) is 24.2 Å². The molecule has 1 aromatic heterocycles. The van der Waals surface area contributed by atoms with Gasteiger partial charge in [0.05, 0.1) is 12.1 Å². The number of carbonyl (C=O) groups excluding carboxylic acids is 2. The molecule has 0 spiro atoms. The molecule has 0 aromatic carbocycles. The number of anilines is 1. The zero-order valence-corrected chi connectivity index (χ0v) is 14.6. The van der Waals surface area contributed by atoms with Gasteiger partial charge in [-0.2, -0.15) is 0 Å². The van der Waals surface area contributed by atoms with Crippen LogP contribution in [-0.2, 0) is 4.74 Å². The van der Waals surface area contributed by atoms with Crippen molar-refractivity contribution >= 4 is 17.9 Å². The summed E-state index contributed by atoms with van der Waals surface area (Å²) < 4.78 is 5.47. The van der Waals surface area contributed by atoms with E-state index in [1.54, 1.807) is 20.9 Å². The summed E-state index contributed by atoms with van der Waals surface area (Å²) in [5, 5.41) is 0. The lowest BCUT2D eigenvalue weighted by atomic mass is 9.99. The Bertz CT molecular complexity index is 628. The largest absolute Gasteiger partial charge is 0.444 e. The van der Waals surface area contributed by atoms with Gasteiger partial charge in [-0.25, -0.2) is 14.6 Å². The highest BCUT2D eigenvalue weighted by Crippen LogP contribution is 2.32. The molecule has 2 unspecified atom stereocenters. The molecule has 1 aromatic rings. The number of urea groups is 1. The van der Waals surface area contributed by atoms with Gasteiger partial charge in [-0.15, -0.1) is 0 Å². The number of pyridine rings is 1. The van der Waals surface area contributed by atoms with E-state index >= 15 is 0 Å². The Balaban J connectivity index is 1.81. The molecule has 24 heavy (non-hydrogen) atoms. The minimum atomic E-state index is -0.531. The van der Waals surface area contributed by atoms with Crippen molar-refractivity contribution in [2.45, 2.75) is 44.9 Å². The van der Waals surface area contributed by atoms with Crippen molar-refractivity contribution in [1.29, 1.82) is 0 Å². The van der Waals surface area contributed by atoms with Gasteiger partial charge in [-0.1, -0.05) is 6.07 Å². The monoisotopic (exact) mass is 332 g/mol. The predicted octanol–water partition coefficient (Wildman–Crippen LogP) is 2.33. The molecular weight excluding hydrogens is 308 g/mol. The fourth-order valence-electron chi connectivity index (χ4n) is 3.33. The lowest BCUT2D eigenvalue weighted by molar-refractivity contribution is 0.0172. The highest BCUT2D eigenvalue weighted by Gasteiger charge is 2.48. The van der Waals surface area contributed by atoms with Crippen LogP contribution in [0.4, 0.5) is 15.4 Å². The Labute approximate surface area is 142 Å². The van der Waals surface area contributed by atoms with E-state index < -0.39 is 5.60 Å². The molecule has 2 fully saturated rings. The smallest absolute Gasteiger partial charge is 0.410 e. The molecule has 0 radical (unpaired) electrons. The average Bonchev–Trinajstić information content (AvgIpc) is 2.77. The number of ether oxygens (including phenoxy) is 1. The summed E-state index contributed by atoms with van der Waals surface area (Å²) in [6.45, 7) is 6.59. The molecule has 2 aliphatic heterocycles. The minimum Gasteiger partial charge on any atom is -0.444 e. The molecule has 3 rings (SSSR count). The lowest BCUT2D eigenvalue weighted by Crippen LogP contribution is -2.54. The fraction of sp³-hybridized carbons (Fsp3) is 0.588. The zero-order chi connectivity index (χ0) is 17.5. The standard InChI is InChI=1S/C17H24N4O3/c1-17(2,3)24-16(23)20-10-8-12-13(11-20)21(15(22)19(12)4)14-7-5-6-9-18-14/h5-7,9,12-13H,8,10-11H2,1-4H3. The summed E-state index contributed by atoms with van der Waals surface area (Å²) in [7, 11) is 1.81. The van der Waals surface area contributed by atoms with Crippen LogP contribution >= 0.6 is 0 Å². The molecule has 2 atom stereocenters. The predicted molar refractivity (Wildman–Crippen MR) is 89.9 cm³/mol. The van der Waals surface area contributed by atoms with E-state index in [0.717, 1.165) is 6.42 Å². The highest BCUT2D eigenvalue weighted by atomic mass is 16.6. The van der Waals surface area contributed by atoms with Crippen LogP contribution in [0.1, 0.15) is 27.2 Å². The van der Waals surface area contributed by atoms with E-state index in [1.165, 1.54) is 0 Å². The molecular formula is C17H24N4O3. The number of piperidine rings is 1. The second-order valence-corrected chi connectivity index (χ2v) is 7.30. The Morgan fingerprint density at radius 1 is 1.29 bits per heavy atom. The van der Waals surface area contributed by atoms with Crippen molar-refractivity contribution in [1.82, 2.24) is 14.8 Å². The third-order valence-corrected chi connectivity index (χ3v) is 4.43. The van der Waals surface area contributed by atoms with Gasteiger partial charge in [-0.05, 0) is 39.3 Å². The van der Waals surface area contributed by atoms with Crippen LogP contribution in [0.2, 0.25) is 0 Å². The van der Waals surface area contributed by atoms with Crippen molar-refractivity contribution in [3.8, 4) is 0 Å². The molecule has 2 aliphatic rings. The normalized spacial score (nSPS) is 24.2. The molecule has 7 heteroatoms. The molecule has 0 N–H and O–H groups in total.